The fourth-order valence-electron chi connectivity index (χ4n) is 2.56. The van der Waals surface area contributed by atoms with Gasteiger partial charge in [0.15, 0.2) is 0 Å². The van der Waals surface area contributed by atoms with Gasteiger partial charge in [0, 0.05) is 12.6 Å². The van der Waals surface area contributed by atoms with Crippen molar-refractivity contribution in [3.05, 3.63) is 0 Å². The van der Waals surface area contributed by atoms with Crippen LogP contribution >= 0.6 is 0 Å². The largest absolute Gasteiger partial charge is 0.328 e. The molecule has 0 aromatic heterocycles. The highest BCUT2D eigenvalue weighted by molar-refractivity contribution is 4.78. The van der Waals surface area contributed by atoms with E-state index in [2.05, 4.69) is 10.2 Å². The highest BCUT2D eigenvalue weighted by Crippen LogP contribution is 2.16. The van der Waals surface area contributed by atoms with Crippen LogP contribution in [0, 0.1) is 5.92 Å². The Morgan fingerprint density at radius 3 is 2.36 bits per heavy atom. The Kier molecular flexibility index (Phi) is 3.79. The van der Waals surface area contributed by atoms with E-state index in [1.165, 1.54) is 58.4 Å². The maximum absolute atomic E-state index is 5.89. The minimum absolute atomic E-state index is 0.472. The van der Waals surface area contributed by atoms with Crippen LogP contribution in [0.25, 0.3) is 0 Å². The molecule has 2 rings (SSSR count). The summed E-state index contributed by atoms with van der Waals surface area (Å²) in [5.74, 6) is 0.936. The third-order valence-corrected chi connectivity index (χ3v) is 3.61. The van der Waals surface area contributed by atoms with E-state index in [-0.39, 0.29) is 0 Å². The number of likely N-dealkylation sites (tertiary alicyclic amines) is 1. The molecule has 0 amide bonds. The van der Waals surface area contributed by atoms with Crippen LogP contribution in [0.4, 0.5) is 0 Å². The van der Waals surface area contributed by atoms with Crippen LogP contribution in [0.5, 0.6) is 0 Å². The van der Waals surface area contributed by atoms with Gasteiger partial charge in [-0.1, -0.05) is 0 Å². The monoisotopic (exact) mass is 197 g/mol. The van der Waals surface area contributed by atoms with Gasteiger partial charge >= 0.3 is 0 Å². The Morgan fingerprint density at radius 1 is 1.07 bits per heavy atom. The molecular weight excluding hydrogens is 174 g/mol. The Hall–Kier alpha value is -0.120. The molecule has 3 heteroatoms. The first-order valence-corrected chi connectivity index (χ1v) is 6.03. The molecule has 2 aliphatic heterocycles. The van der Waals surface area contributed by atoms with Crippen LogP contribution in [-0.4, -0.2) is 43.7 Å². The summed E-state index contributed by atoms with van der Waals surface area (Å²) in [5.41, 5.74) is 5.89. The van der Waals surface area contributed by atoms with Crippen molar-refractivity contribution in [2.45, 2.75) is 31.7 Å². The number of rotatable bonds is 2. The second kappa shape index (κ2) is 5.10. The molecule has 3 nitrogen and oxygen atoms in total. The molecule has 3 N–H and O–H groups in total. The molecule has 0 aromatic carbocycles. The molecule has 0 saturated carbocycles. The van der Waals surface area contributed by atoms with Crippen LogP contribution in [0.15, 0.2) is 0 Å². The number of nitrogens with one attached hydrogen (secondary N) is 1. The molecule has 0 atom stereocenters. The van der Waals surface area contributed by atoms with Crippen LogP contribution in [0.1, 0.15) is 25.7 Å². The fraction of sp³-hybridized carbons (Fsp3) is 1.00. The van der Waals surface area contributed by atoms with Crippen molar-refractivity contribution in [3.8, 4) is 0 Å². The molecule has 0 radical (unpaired) electrons. The maximum atomic E-state index is 5.89. The molecule has 2 saturated heterocycles. The van der Waals surface area contributed by atoms with E-state index in [1.54, 1.807) is 0 Å². The van der Waals surface area contributed by atoms with Gasteiger partial charge in [-0.2, -0.15) is 0 Å². The lowest BCUT2D eigenvalue weighted by Crippen LogP contribution is -2.43. The van der Waals surface area contributed by atoms with Gasteiger partial charge in [-0.25, -0.2) is 0 Å². The average Bonchev–Trinajstić information content (AvgIpc) is 2.23. The minimum Gasteiger partial charge on any atom is -0.328 e. The normalized spacial score (nSPS) is 28.1. The van der Waals surface area contributed by atoms with Gasteiger partial charge in [-0.3, -0.25) is 0 Å². The molecule has 2 heterocycles. The van der Waals surface area contributed by atoms with Crippen LogP contribution in [-0.2, 0) is 0 Å². The Labute approximate surface area is 87.0 Å². The zero-order valence-corrected chi connectivity index (χ0v) is 9.04. The van der Waals surface area contributed by atoms with Crippen LogP contribution in [0.3, 0.4) is 0 Å². The van der Waals surface area contributed by atoms with Gasteiger partial charge in [0.1, 0.15) is 0 Å². The summed E-state index contributed by atoms with van der Waals surface area (Å²) in [4.78, 5) is 2.61. The Morgan fingerprint density at radius 2 is 1.71 bits per heavy atom. The van der Waals surface area contributed by atoms with Crippen LogP contribution < -0.4 is 11.1 Å². The number of nitrogens with zero attached hydrogens (tertiary/aromatic N) is 1. The number of nitrogens with two attached hydrogens (primary N) is 1. The van der Waals surface area contributed by atoms with E-state index < -0.39 is 0 Å². The van der Waals surface area contributed by atoms with Crippen molar-refractivity contribution in [1.29, 1.82) is 0 Å². The lowest BCUT2D eigenvalue weighted by molar-refractivity contribution is 0.168. The van der Waals surface area contributed by atoms with Crippen molar-refractivity contribution < 1.29 is 0 Å². The van der Waals surface area contributed by atoms with Crippen LogP contribution in [0.2, 0.25) is 0 Å². The molecule has 0 bridgehead atoms. The number of hydrogen-bond donors (Lipinski definition) is 2. The third kappa shape index (κ3) is 2.94. The maximum Gasteiger partial charge on any atom is 0.00631 e. The van der Waals surface area contributed by atoms with Crippen molar-refractivity contribution in [3.63, 3.8) is 0 Å². The first-order valence-electron chi connectivity index (χ1n) is 6.03. The summed E-state index contributed by atoms with van der Waals surface area (Å²) in [6, 6.07) is 0.472. The van der Waals surface area contributed by atoms with E-state index >= 15 is 0 Å². The van der Waals surface area contributed by atoms with E-state index in [1.807, 2.05) is 0 Å². The first kappa shape index (κ1) is 10.4. The van der Waals surface area contributed by atoms with E-state index in [4.69, 9.17) is 5.73 Å². The zero-order valence-electron chi connectivity index (χ0n) is 9.04. The predicted molar refractivity (Wildman–Crippen MR) is 59.2 cm³/mol. The van der Waals surface area contributed by atoms with Gasteiger partial charge in [0.2, 0.25) is 0 Å². The third-order valence-electron chi connectivity index (χ3n) is 3.61. The van der Waals surface area contributed by atoms with Crippen molar-refractivity contribution >= 4 is 0 Å². The second-order valence-electron chi connectivity index (χ2n) is 4.83. The quantitative estimate of drug-likeness (QED) is 0.674. The van der Waals surface area contributed by atoms with E-state index in [0.29, 0.717) is 6.04 Å². The Bertz CT molecular complexity index is 158. The van der Waals surface area contributed by atoms with E-state index in [0.717, 1.165) is 5.92 Å². The van der Waals surface area contributed by atoms with Gasteiger partial charge in [0.05, 0.1) is 0 Å². The highest BCUT2D eigenvalue weighted by atomic mass is 15.1. The molecule has 82 valence electrons. The molecule has 0 aliphatic carbocycles. The second-order valence-corrected chi connectivity index (χ2v) is 4.83. The molecule has 2 aliphatic rings. The highest BCUT2D eigenvalue weighted by Gasteiger charge is 2.20. The van der Waals surface area contributed by atoms with E-state index in [9.17, 15) is 0 Å². The summed E-state index contributed by atoms with van der Waals surface area (Å²) >= 11 is 0. The van der Waals surface area contributed by atoms with Crippen molar-refractivity contribution in [2.24, 2.45) is 11.7 Å². The fourth-order valence-corrected chi connectivity index (χ4v) is 2.56. The standard InChI is InChI=1S/C11H23N3/c12-11-3-7-14(8-4-11)9-10-1-5-13-6-2-10/h10-11,13H,1-9,12H2. The molecular formula is C11H23N3. The summed E-state index contributed by atoms with van der Waals surface area (Å²) < 4.78 is 0. The lowest BCUT2D eigenvalue weighted by atomic mass is 9.96. The molecule has 0 unspecified atom stereocenters. The molecule has 14 heavy (non-hydrogen) atoms. The smallest absolute Gasteiger partial charge is 0.00631 e. The summed E-state index contributed by atoms with van der Waals surface area (Å²) in [5, 5.41) is 3.42. The summed E-state index contributed by atoms with van der Waals surface area (Å²) in [6.07, 6.45) is 5.13. The summed E-state index contributed by atoms with van der Waals surface area (Å²) in [6.45, 7) is 6.21. The first-order chi connectivity index (χ1) is 6.84. The molecule has 2 fully saturated rings. The predicted octanol–water partition coefficient (Wildman–Crippen LogP) is 0.409. The lowest BCUT2D eigenvalue weighted by Gasteiger charge is -2.34. The number of hydrogen-bond acceptors (Lipinski definition) is 3. The van der Waals surface area contributed by atoms with Gasteiger partial charge in [0.25, 0.3) is 0 Å². The zero-order chi connectivity index (χ0) is 9.80. The van der Waals surface area contributed by atoms with Crippen molar-refractivity contribution in [1.82, 2.24) is 10.2 Å². The Balaban J connectivity index is 1.68. The summed E-state index contributed by atoms with van der Waals surface area (Å²) in [7, 11) is 0. The van der Waals surface area contributed by atoms with Crippen molar-refractivity contribution in [2.75, 3.05) is 32.7 Å². The van der Waals surface area contributed by atoms with Gasteiger partial charge < -0.3 is 16.0 Å². The average molecular weight is 197 g/mol. The SMILES string of the molecule is NC1CCN(CC2CCNCC2)CC1. The molecule has 0 spiro atoms. The van der Waals surface area contributed by atoms with Gasteiger partial charge in [-0.15, -0.1) is 0 Å². The topological polar surface area (TPSA) is 41.3 Å². The van der Waals surface area contributed by atoms with Gasteiger partial charge in [-0.05, 0) is 57.8 Å². The number of piperidine rings is 2. The molecule has 0 aromatic rings. The minimum atomic E-state index is 0.472.